The van der Waals surface area contributed by atoms with Gasteiger partial charge in [-0.25, -0.2) is 4.79 Å². The van der Waals surface area contributed by atoms with Crippen molar-refractivity contribution in [2.75, 3.05) is 12.5 Å². The largest absolute Gasteiger partial charge is 0.492 e. The van der Waals surface area contributed by atoms with Crippen LogP contribution in [0.15, 0.2) is 39.5 Å². The van der Waals surface area contributed by atoms with Crippen LogP contribution < -0.4 is 10.4 Å². The minimum Gasteiger partial charge on any atom is -0.492 e. The normalized spacial score (nSPS) is 10.6. The second-order valence-corrected chi connectivity index (χ2v) is 3.69. The van der Waals surface area contributed by atoms with E-state index in [-0.39, 0.29) is 0 Å². The highest BCUT2D eigenvalue weighted by Crippen LogP contribution is 2.23. The van der Waals surface area contributed by atoms with Crippen LogP contribution in [0.25, 0.3) is 11.0 Å². The zero-order chi connectivity index (χ0) is 11.4. The summed E-state index contributed by atoms with van der Waals surface area (Å²) in [5, 5.41) is 0.802. The molecule has 4 heteroatoms. The van der Waals surface area contributed by atoms with E-state index in [0.717, 1.165) is 11.8 Å². The van der Waals surface area contributed by atoms with Crippen molar-refractivity contribution in [3.05, 3.63) is 40.8 Å². The monoisotopic (exact) mass is 238 g/mol. The van der Waals surface area contributed by atoms with Gasteiger partial charge >= 0.3 is 5.63 Å². The molecule has 0 radical (unpaired) electrons. The van der Waals surface area contributed by atoms with Gasteiger partial charge in [-0.15, -0.1) is 11.6 Å². The van der Waals surface area contributed by atoms with Gasteiger partial charge in [-0.2, -0.15) is 0 Å². The summed E-state index contributed by atoms with van der Waals surface area (Å²) in [6, 6.07) is 8.64. The number of hydrogen-bond donors (Lipinski definition) is 0. The quantitative estimate of drug-likeness (QED) is 0.467. The molecule has 0 aliphatic carbocycles. The van der Waals surface area contributed by atoms with Gasteiger partial charge in [-0.1, -0.05) is 12.1 Å². The maximum atomic E-state index is 11.3. The second kappa shape index (κ2) is 5.03. The van der Waals surface area contributed by atoms with Crippen LogP contribution in [0.4, 0.5) is 0 Å². The molecule has 0 aliphatic rings. The topological polar surface area (TPSA) is 39.4 Å². The van der Waals surface area contributed by atoms with Crippen LogP contribution in [0, 0.1) is 0 Å². The molecule has 16 heavy (non-hydrogen) atoms. The Bertz CT molecular complexity index is 533. The number of fused-ring (bicyclic) bond motifs is 1. The summed E-state index contributed by atoms with van der Waals surface area (Å²) in [5.74, 6) is 1.09. The Kier molecular flexibility index (Phi) is 3.47. The van der Waals surface area contributed by atoms with Crippen LogP contribution in [0.1, 0.15) is 6.42 Å². The minimum absolute atomic E-state index is 0.403. The maximum absolute atomic E-state index is 11.3. The van der Waals surface area contributed by atoms with E-state index in [0.29, 0.717) is 23.8 Å². The van der Waals surface area contributed by atoms with Crippen molar-refractivity contribution >= 4 is 22.6 Å². The molecule has 0 unspecified atom stereocenters. The van der Waals surface area contributed by atoms with Gasteiger partial charge in [0.15, 0.2) is 0 Å². The van der Waals surface area contributed by atoms with Crippen LogP contribution in [0.2, 0.25) is 0 Å². The van der Waals surface area contributed by atoms with Crippen molar-refractivity contribution in [2.24, 2.45) is 0 Å². The molecule has 2 rings (SSSR count). The lowest BCUT2D eigenvalue weighted by Gasteiger charge is -2.06. The Hall–Kier alpha value is -1.48. The molecule has 0 atom stereocenters. The van der Waals surface area contributed by atoms with Crippen molar-refractivity contribution in [2.45, 2.75) is 6.42 Å². The molecule has 0 spiro atoms. The summed E-state index contributed by atoms with van der Waals surface area (Å²) in [6.45, 7) is 0.497. The minimum atomic E-state index is -0.403. The van der Waals surface area contributed by atoms with Gasteiger partial charge in [-0.05, 0) is 18.6 Å². The van der Waals surface area contributed by atoms with Crippen molar-refractivity contribution in [3.8, 4) is 5.75 Å². The molecule has 0 amide bonds. The van der Waals surface area contributed by atoms with Gasteiger partial charge in [0.1, 0.15) is 11.3 Å². The molecule has 0 saturated carbocycles. The molecule has 1 aromatic carbocycles. The van der Waals surface area contributed by atoms with Gasteiger partial charge in [0.25, 0.3) is 0 Å². The maximum Gasteiger partial charge on any atom is 0.339 e. The molecule has 2 aromatic rings. The molecule has 0 saturated heterocycles. The average molecular weight is 239 g/mol. The molecular formula is C12H11ClO3. The molecule has 1 heterocycles. The van der Waals surface area contributed by atoms with Gasteiger partial charge in [-0.3, -0.25) is 0 Å². The van der Waals surface area contributed by atoms with Crippen LogP contribution >= 0.6 is 11.6 Å². The molecule has 0 aliphatic heterocycles. The molecular weight excluding hydrogens is 228 g/mol. The molecule has 0 bridgehead atoms. The van der Waals surface area contributed by atoms with Crippen LogP contribution in [0.3, 0.4) is 0 Å². The zero-order valence-corrected chi connectivity index (χ0v) is 9.37. The van der Waals surface area contributed by atoms with E-state index in [4.69, 9.17) is 20.8 Å². The predicted molar refractivity (Wildman–Crippen MR) is 63.3 cm³/mol. The summed E-state index contributed by atoms with van der Waals surface area (Å²) in [6.07, 6.45) is 0.746. The molecule has 0 fully saturated rings. The Morgan fingerprint density at radius 1 is 1.31 bits per heavy atom. The van der Waals surface area contributed by atoms with Gasteiger partial charge in [0.05, 0.1) is 18.1 Å². The first-order valence-corrected chi connectivity index (χ1v) is 5.56. The second-order valence-electron chi connectivity index (χ2n) is 3.32. The molecule has 3 nitrogen and oxygen atoms in total. The SMILES string of the molecule is O=c1cc(OCCCCl)c2ccccc2o1. The van der Waals surface area contributed by atoms with E-state index in [1.54, 1.807) is 6.07 Å². The van der Waals surface area contributed by atoms with Crippen molar-refractivity contribution in [1.29, 1.82) is 0 Å². The summed E-state index contributed by atoms with van der Waals surface area (Å²) in [5.41, 5.74) is 0.135. The van der Waals surface area contributed by atoms with E-state index in [1.807, 2.05) is 18.2 Å². The average Bonchev–Trinajstić information content (AvgIpc) is 2.29. The third-order valence-corrected chi connectivity index (χ3v) is 2.41. The third-order valence-electron chi connectivity index (χ3n) is 2.15. The summed E-state index contributed by atoms with van der Waals surface area (Å²) >= 11 is 5.56. The van der Waals surface area contributed by atoms with Gasteiger partial charge < -0.3 is 9.15 Å². The first-order chi connectivity index (χ1) is 7.81. The lowest BCUT2D eigenvalue weighted by molar-refractivity contribution is 0.319. The molecule has 1 aromatic heterocycles. The lowest BCUT2D eigenvalue weighted by Crippen LogP contribution is -2.03. The highest BCUT2D eigenvalue weighted by Gasteiger charge is 2.05. The van der Waals surface area contributed by atoms with Gasteiger partial charge in [0.2, 0.25) is 0 Å². The van der Waals surface area contributed by atoms with E-state index >= 15 is 0 Å². The van der Waals surface area contributed by atoms with E-state index in [1.165, 1.54) is 6.07 Å². The number of halogens is 1. The smallest absolute Gasteiger partial charge is 0.339 e. The van der Waals surface area contributed by atoms with Crippen LogP contribution in [-0.4, -0.2) is 12.5 Å². The van der Waals surface area contributed by atoms with Crippen molar-refractivity contribution < 1.29 is 9.15 Å². The van der Waals surface area contributed by atoms with Gasteiger partial charge in [0, 0.05) is 5.88 Å². The van der Waals surface area contributed by atoms with Crippen LogP contribution in [-0.2, 0) is 0 Å². The van der Waals surface area contributed by atoms with Crippen LogP contribution in [0.5, 0.6) is 5.75 Å². The lowest BCUT2D eigenvalue weighted by atomic mass is 10.2. The molecule has 84 valence electrons. The fraction of sp³-hybridized carbons (Fsp3) is 0.250. The highest BCUT2D eigenvalue weighted by molar-refractivity contribution is 6.17. The Labute approximate surface area is 97.6 Å². The highest BCUT2D eigenvalue weighted by atomic mass is 35.5. The first kappa shape index (κ1) is 11.0. The number of rotatable bonds is 4. The number of hydrogen-bond acceptors (Lipinski definition) is 3. The predicted octanol–water partition coefficient (Wildman–Crippen LogP) is 2.80. The Morgan fingerprint density at radius 2 is 2.12 bits per heavy atom. The number of alkyl halides is 1. The third kappa shape index (κ3) is 2.36. The van der Waals surface area contributed by atoms with E-state index < -0.39 is 5.63 Å². The summed E-state index contributed by atoms with van der Waals surface area (Å²) in [7, 11) is 0. The van der Waals surface area contributed by atoms with E-state index in [9.17, 15) is 4.79 Å². The van der Waals surface area contributed by atoms with Crippen molar-refractivity contribution in [3.63, 3.8) is 0 Å². The molecule has 0 N–H and O–H groups in total. The number of para-hydroxylation sites is 1. The van der Waals surface area contributed by atoms with E-state index in [2.05, 4.69) is 0 Å². The standard InChI is InChI=1S/C12H11ClO3/c13-6-3-7-15-11-8-12(14)16-10-5-2-1-4-9(10)11/h1-2,4-5,8H,3,6-7H2. The zero-order valence-electron chi connectivity index (χ0n) is 8.61. The Morgan fingerprint density at radius 3 is 2.94 bits per heavy atom. The summed E-state index contributed by atoms with van der Waals surface area (Å²) < 4.78 is 10.5. The summed E-state index contributed by atoms with van der Waals surface area (Å²) in [4.78, 5) is 11.3. The number of ether oxygens (including phenoxy) is 1. The van der Waals surface area contributed by atoms with Crippen molar-refractivity contribution in [1.82, 2.24) is 0 Å². The Balaban J connectivity index is 2.38. The fourth-order valence-corrected chi connectivity index (χ4v) is 1.55. The fourth-order valence-electron chi connectivity index (χ4n) is 1.44. The first-order valence-electron chi connectivity index (χ1n) is 5.03. The number of benzene rings is 1.